The Morgan fingerprint density at radius 1 is 1.21 bits per heavy atom. The number of hydrogen-bond acceptors (Lipinski definition) is 3. The van der Waals surface area contributed by atoms with Gasteiger partial charge in [0.15, 0.2) is 0 Å². The van der Waals surface area contributed by atoms with E-state index < -0.39 is 0 Å². The van der Waals surface area contributed by atoms with Gasteiger partial charge in [0.2, 0.25) is 5.91 Å². The van der Waals surface area contributed by atoms with Crippen molar-refractivity contribution in [2.24, 2.45) is 0 Å². The monoisotopic (exact) mass is 259 g/mol. The Labute approximate surface area is 112 Å². The van der Waals surface area contributed by atoms with Crippen LogP contribution < -0.4 is 9.64 Å². The lowest BCUT2D eigenvalue weighted by molar-refractivity contribution is -0.118. The number of nitrogens with zero attached hydrogens (tertiary/aromatic N) is 1. The summed E-state index contributed by atoms with van der Waals surface area (Å²) in [6, 6.07) is 7.60. The fourth-order valence-electron chi connectivity index (χ4n) is 2.72. The SMILES string of the molecule is O=C1CCC(Oc2cccc(N3CCCC3=O)c2)C1. The Kier molecular flexibility index (Phi) is 3.23. The van der Waals surface area contributed by atoms with Crippen molar-refractivity contribution < 1.29 is 14.3 Å². The molecule has 2 fully saturated rings. The standard InChI is InChI=1S/C15H17NO3/c17-12-6-7-14(10-12)19-13-4-1-3-11(9-13)16-8-2-5-15(16)18/h1,3-4,9,14H,2,5-8,10H2. The van der Waals surface area contributed by atoms with Gasteiger partial charge in [-0.25, -0.2) is 0 Å². The third-order valence-corrected chi connectivity index (χ3v) is 3.71. The molecule has 4 heteroatoms. The number of ether oxygens (including phenoxy) is 1. The van der Waals surface area contributed by atoms with Gasteiger partial charge in [0.05, 0.1) is 0 Å². The lowest BCUT2D eigenvalue weighted by Gasteiger charge is -2.18. The number of rotatable bonds is 3. The maximum atomic E-state index is 11.7. The second-order valence-electron chi connectivity index (χ2n) is 5.17. The van der Waals surface area contributed by atoms with Crippen molar-refractivity contribution in [2.75, 3.05) is 11.4 Å². The molecule has 1 heterocycles. The first kappa shape index (κ1) is 12.2. The highest BCUT2D eigenvalue weighted by Gasteiger charge is 2.25. The predicted octanol–water partition coefficient (Wildman–Crippen LogP) is 2.31. The summed E-state index contributed by atoms with van der Waals surface area (Å²) in [5, 5.41) is 0. The van der Waals surface area contributed by atoms with Crippen LogP contribution in [0.1, 0.15) is 32.1 Å². The molecule has 1 aromatic rings. The van der Waals surface area contributed by atoms with Crippen molar-refractivity contribution in [3.05, 3.63) is 24.3 Å². The van der Waals surface area contributed by atoms with E-state index in [0.717, 1.165) is 30.8 Å². The molecular weight excluding hydrogens is 242 g/mol. The lowest BCUT2D eigenvalue weighted by atomic mass is 10.2. The summed E-state index contributed by atoms with van der Waals surface area (Å²) in [7, 11) is 0. The van der Waals surface area contributed by atoms with Gasteiger partial charge < -0.3 is 9.64 Å². The maximum Gasteiger partial charge on any atom is 0.227 e. The molecular formula is C15H17NO3. The van der Waals surface area contributed by atoms with Crippen LogP contribution in [0.5, 0.6) is 5.75 Å². The van der Waals surface area contributed by atoms with Crippen LogP contribution in [0.3, 0.4) is 0 Å². The number of Topliss-reactive ketones (excluding diaryl/α,β-unsaturated/α-hetero) is 1. The normalized spacial score (nSPS) is 23.2. The third kappa shape index (κ3) is 2.62. The van der Waals surface area contributed by atoms with E-state index in [0.29, 0.717) is 19.3 Å². The van der Waals surface area contributed by atoms with Gasteiger partial charge in [-0.05, 0) is 25.0 Å². The molecule has 2 aliphatic rings. The highest BCUT2D eigenvalue weighted by Crippen LogP contribution is 2.28. The van der Waals surface area contributed by atoms with Gasteiger partial charge in [0, 0.05) is 37.6 Å². The number of benzene rings is 1. The Balaban J connectivity index is 1.72. The van der Waals surface area contributed by atoms with Crippen LogP contribution in [0.2, 0.25) is 0 Å². The van der Waals surface area contributed by atoms with E-state index >= 15 is 0 Å². The van der Waals surface area contributed by atoms with Crippen LogP contribution in [0.25, 0.3) is 0 Å². The van der Waals surface area contributed by atoms with Gasteiger partial charge in [-0.3, -0.25) is 9.59 Å². The van der Waals surface area contributed by atoms with Gasteiger partial charge in [0.25, 0.3) is 0 Å². The molecule has 1 aromatic carbocycles. The number of hydrogen-bond donors (Lipinski definition) is 0. The van der Waals surface area contributed by atoms with Gasteiger partial charge in [0.1, 0.15) is 17.6 Å². The van der Waals surface area contributed by atoms with Crippen molar-refractivity contribution >= 4 is 17.4 Å². The van der Waals surface area contributed by atoms with Crippen molar-refractivity contribution in [1.82, 2.24) is 0 Å². The summed E-state index contributed by atoms with van der Waals surface area (Å²) >= 11 is 0. The minimum atomic E-state index is -0.00275. The highest BCUT2D eigenvalue weighted by atomic mass is 16.5. The smallest absolute Gasteiger partial charge is 0.227 e. The third-order valence-electron chi connectivity index (χ3n) is 3.71. The predicted molar refractivity (Wildman–Crippen MR) is 71.3 cm³/mol. The molecule has 0 radical (unpaired) electrons. The number of amides is 1. The minimum absolute atomic E-state index is 0.00275. The van der Waals surface area contributed by atoms with Gasteiger partial charge >= 0.3 is 0 Å². The highest BCUT2D eigenvalue weighted by molar-refractivity contribution is 5.95. The van der Waals surface area contributed by atoms with E-state index in [4.69, 9.17) is 4.74 Å². The molecule has 1 aliphatic carbocycles. The molecule has 1 saturated heterocycles. The van der Waals surface area contributed by atoms with E-state index in [1.54, 1.807) is 4.90 Å². The molecule has 1 unspecified atom stereocenters. The Morgan fingerprint density at radius 2 is 2.11 bits per heavy atom. The number of anilines is 1. The van der Waals surface area contributed by atoms with Gasteiger partial charge in [-0.1, -0.05) is 6.07 Å². The summed E-state index contributed by atoms with van der Waals surface area (Å²) < 4.78 is 5.82. The summed E-state index contributed by atoms with van der Waals surface area (Å²) in [5.41, 5.74) is 0.893. The molecule has 4 nitrogen and oxygen atoms in total. The first-order valence-corrected chi connectivity index (χ1v) is 6.81. The van der Waals surface area contributed by atoms with E-state index in [2.05, 4.69) is 0 Å². The second-order valence-corrected chi connectivity index (χ2v) is 5.17. The quantitative estimate of drug-likeness (QED) is 0.836. The zero-order valence-electron chi connectivity index (χ0n) is 10.8. The second kappa shape index (κ2) is 5.03. The van der Waals surface area contributed by atoms with Crippen LogP contribution in [-0.2, 0) is 9.59 Å². The lowest BCUT2D eigenvalue weighted by Crippen LogP contribution is -2.23. The molecule has 0 bridgehead atoms. The molecule has 3 rings (SSSR count). The molecule has 1 atom stereocenters. The van der Waals surface area contributed by atoms with Crippen molar-refractivity contribution in [1.29, 1.82) is 0 Å². The van der Waals surface area contributed by atoms with Crippen LogP contribution in [0, 0.1) is 0 Å². The van der Waals surface area contributed by atoms with Crippen molar-refractivity contribution in [3.63, 3.8) is 0 Å². The maximum absolute atomic E-state index is 11.7. The van der Waals surface area contributed by atoms with Crippen molar-refractivity contribution in [3.8, 4) is 5.75 Å². The van der Waals surface area contributed by atoms with Crippen molar-refractivity contribution in [2.45, 2.75) is 38.2 Å². The zero-order valence-corrected chi connectivity index (χ0v) is 10.8. The molecule has 1 saturated carbocycles. The fraction of sp³-hybridized carbons (Fsp3) is 0.467. The largest absolute Gasteiger partial charge is 0.490 e. The number of carbonyl (C=O) groups excluding carboxylic acids is 2. The van der Waals surface area contributed by atoms with E-state index in [1.165, 1.54) is 0 Å². The summed E-state index contributed by atoms with van der Waals surface area (Å²) in [4.78, 5) is 24.7. The van der Waals surface area contributed by atoms with E-state index in [1.807, 2.05) is 24.3 Å². The number of ketones is 1. The summed E-state index contributed by atoms with van der Waals surface area (Å²) in [6.07, 6.45) is 3.47. The van der Waals surface area contributed by atoms with Crippen LogP contribution in [0.15, 0.2) is 24.3 Å². The Morgan fingerprint density at radius 3 is 2.79 bits per heavy atom. The minimum Gasteiger partial charge on any atom is -0.490 e. The Hall–Kier alpha value is -1.84. The first-order valence-electron chi connectivity index (χ1n) is 6.81. The first-order chi connectivity index (χ1) is 9.22. The van der Waals surface area contributed by atoms with Crippen LogP contribution >= 0.6 is 0 Å². The molecule has 0 N–H and O–H groups in total. The average Bonchev–Trinajstić information content (AvgIpc) is 2.99. The molecule has 1 amide bonds. The van der Waals surface area contributed by atoms with E-state index in [9.17, 15) is 9.59 Å². The molecule has 0 spiro atoms. The van der Waals surface area contributed by atoms with Crippen LogP contribution in [-0.4, -0.2) is 24.3 Å². The topological polar surface area (TPSA) is 46.6 Å². The molecule has 19 heavy (non-hydrogen) atoms. The fourth-order valence-corrected chi connectivity index (χ4v) is 2.72. The van der Waals surface area contributed by atoms with Gasteiger partial charge in [-0.15, -0.1) is 0 Å². The summed E-state index contributed by atoms with van der Waals surface area (Å²) in [5.74, 6) is 1.20. The van der Waals surface area contributed by atoms with E-state index in [-0.39, 0.29) is 17.8 Å². The zero-order chi connectivity index (χ0) is 13.2. The summed E-state index contributed by atoms with van der Waals surface area (Å²) in [6.45, 7) is 0.782. The molecule has 0 aromatic heterocycles. The molecule has 100 valence electrons. The average molecular weight is 259 g/mol. The van der Waals surface area contributed by atoms with Crippen LogP contribution in [0.4, 0.5) is 5.69 Å². The molecule has 1 aliphatic heterocycles. The Bertz CT molecular complexity index is 512. The number of carbonyl (C=O) groups is 2. The van der Waals surface area contributed by atoms with Gasteiger partial charge in [-0.2, -0.15) is 0 Å².